The zero-order valence-electron chi connectivity index (χ0n) is 13.8. The molecule has 0 heterocycles. The lowest BCUT2D eigenvalue weighted by Crippen LogP contribution is -2.20. The Hall–Kier alpha value is -3.13. The van der Waals surface area contributed by atoms with Crippen LogP contribution >= 0.6 is 0 Å². The SMILES string of the molecule is O=C(O)C1=C(C(=O)Nc2c(F)cc(-c3ccccc3F)cc2F)CCC1O. The van der Waals surface area contributed by atoms with Crippen molar-refractivity contribution < 1.29 is 33.0 Å². The average molecular weight is 377 g/mol. The Morgan fingerprint density at radius 1 is 1.04 bits per heavy atom. The van der Waals surface area contributed by atoms with E-state index >= 15 is 0 Å². The Morgan fingerprint density at radius 2 is 1.67 bits per heavy atom. The number of benzene rings is 2. The molecule has 0 aliphatic heterocycles. The number of anilines is 1. The minimum Gasteiger partial charge on any atom is -0.478 e. The molecule has 0 spiro atoms. The number of aliphatic hydroxyl groups is 1. The largest absolute Gasteiger partial charge is 0.478 e. The van der Waals surface area contributed by atoms with E-state index in [0.717, 1.165) is 18.2 Å². The molecule has 3 N–H and O–H groups in total. The van der Waals surface area contributed by atoms with E-state index in [1.54, 1.807) is 0 Å². The molecule has 1 aliphatic rings. The van der Waals surface area contributed by atoms with Crippen LogP contribution < -0.4 is 5.32 Å². The Balaban J connectivity index is 1.94. The Labute approximate surface area is 151 Å². The molecule has 0 saturated carbocycles. The monoisotopic (exact) mass is 377 g/mol. The van der Waals surface area contributed by atoms with Gasteiger partial charge in [0.15, 0.2) is 0 Å². The van der Waals surface area contributed by atoms with Gasteiger partial charge in [-0.15, -0.1) is 0 Å². The van der Waals surface area contributed by atoms with Crippen molar-refractivity contribution in [3.05, 3.63) is 65.0 Å². The molecule has 1 amide bonds. The van der Waals surface area contributed by atoms with Crippen LogP contribution in [0.4, 0.5) is 18.9 Å². The molecule has 0 aromatic heterocycles. The highest BCUT2D eigenvalue weighted by molar-refractivity contribution is 6.09. The number of amides is 1. The molecule has 2 aromatic carbocycles. The molecule has 1 aliphatic carbocycles. The summed E-state index contributed by atoms with van der Waals surface area (Å²) in [6, 6.07) is 7.18. The standard InChI is InChI=1S/C19H14F3NO4/c20-12-4-2-1-3-10(12)9-7-13(21)17(14(22)8-9)23-18(25)11-5-6-15(24)16(11)19(26)27/h1-4,7-8,15,24H,5-6H2,(H,23,25)(H,26,27). The van der Waals surface area contributed by atoms with E-state index in [-0.39, 0.29) is 29.5 Å². The molecule has 0 fully saturated rings. The van der Waals surface area contributed by atoms with Crippen molar-refractivity contribution in [1.82, 2.24) is 0 Å². The third kappa shape index (κ3) is 3.56. The summed E-state index contributed by atoms with van der Waals surface area (Å²) >= 11 is 0. The van der Waals surface area contributed by atoms with Crippen LogP contribution in [0.5, 0.6) is 0 Å². The van der Waals surface area contributed by atoms with E-state index in [1.807, 2.05) is 5.32 Å². The van der Waals surface area contributed by atoms with Crippen LogP contribution in [0.25, 0.3) is 11.1 Å². The van der Waals surface area contributed by atoms with Gasteiger partial charge in [-0.3, -0.25) is 4.79 Å². The maximum Gasteiger partial charge on any atom is 0.334 e. The van der Waals surface area contributed by atoms with Crippen molar-refractivity contribution >= 4 is 17.6 Å². The maximum absolute atomic E-state index is 14.3. The first kappa shape index (κ1) is 18.7. The number of hydrogen-bond acceptors (Lipinski definition) is 3. The average Bonchev–Trinajstić information content (AvgIpc) is 3.00. The van der Waals surface area contributed by atoms with Gasteiger partial charge < -0.3 is 15.5 Å². The van der Waals surface area contributed by atoms with Crippen molar-refractivity contribution in [1.29, 1.82) is 0 Å². The smallest absolute Gasteiger partial charge is 0.334 e. The van der Waals surface area contributed by atoms with Gasteiger partial charge >= 0.3 is 5.97 Å². The first-order valence-electron chi connectivity index (χ1n) is 7.99. The zero-order valence-corrected chi connectivity index (χ0v) is 13.8. The molecular weight excluding hydrogens is 363 g/mol. The first-order chi connectivity index (χ1) is 12.8. The van der Waals surface area contributed by atoms with Crippen molar-refractivity contribution in [2.24, 2.45) is 0 Å². The van der Waals surface area contributed by atoms with Crippen LogP contribution in [0.2, 0.25) is 0 Å². The summed E-state index contributed by atoms with van der Waals surface area (Å²) in [5.74, 6) is -5.43. The van der Waals surface area contributed by atoms with Gasteiger partial charge in [-0.2, -0.15) is 0 Å². The summed E-state index contributed by atoms with van der Waals surface area (Å²) < 4.78 is 42.5. The van der Waals surface area contributed by atoms with Gasteiger partial charge in [0.05, 0.1) is 11.7 Å². The van der Waals surface area contributed by atoms with E-state index in [1.165, 1.54) is 18.2 Å². The van der Waals surface area contributed by atoms with Crippen molar-refractivity contribution in [2.75, 3.05) is 5.32 Å². The Bertz CT molecular complexity index is 948. The maximum atomic E-state index is 14.3. The summed E-state index contributed by atoms with van der Waals surface area (Å²) in [7, 11) is 0. The highest BCUT2D eigenvalue weighted by Gasteiger charge is 2.33. The van der Waals surface area contributed by atoms with E-state index in [9.17, 15) is 27.9 Å². The highest BCUT2D eigenvalue weighted by atomic mass is 19.1. The third-order valence-electron chi connectivity index (χ3n) is 4.30. The third-order valence-corrected chi connectivity index (χ3v) is 4.30. The second-order valence-electron chi connectivity index (χ2n) is 6.00. The number of aliphatic hydroxyl groups excluding tert-OH is 1. The minimum absolute atomic E-state index is 0.0111. The number of hydrogen-bond donors (Lipinski definition) is 3. The number of carboxylic acids is 1. The van der Waals surface area contributed by atoms with Gasteiger partial charge in [0, 0.05) is 11.1 Å². The fraction of sp³-hybridized carbons (Fsp3) is 0.158. The molecule has 5 nitrogen and oxygen atoms in total. The van der Waals surface area contributed by atoms with Gasteiger partial charge in [0.25, 0.3) is 5.91 Å². The lowest BCUT2D eigenvalue weighted by molar-refractivity contribution is -0.134. The van der Waals surface area contributed by atoms with Gasteiger partial charge in [0.2, 0.25) is 0 Å². The van der Waals surface area contributed by atoms with Gasteiger partial charge in [-0.1, -0.05) is 18.2 Å². The number of rotatable bonds is 4. The molecule has 8 heteroatoms. The number of carbonyl (C=O) groups is 2. The van der Waals surface area contributed by atoms with Gasteiger partial charge in [0.1, 0.15) is 23.1 Å². The van der Waals surface area contributed by atoms with Crippen molar-refractivity contribution in [3.63, 3.8) is 0 Å². The normalized spacial score (nSPS) is 16.5. The molecule has 0 saturated heterocycles. The molecule has 1 atom stereocenters. The molecule has 1 unspecified atom stereocenters. The quantitative estimate of drug-likeness (QED) is 0.764. The minimum atomic E-state index is -1.47. The first-order valence-corrected chi connectivity index (χ1v) is 7.99. The predicted octanol–water partition coefficient (Wildman–Crippen LogP) is 3.25. The van der Waals surface area contributed by atoms with Crippen LogP contribution in [-0.2, 0) is 9.59 Å². The van der Waals surface area contributed by atoms with Crippen LogP contribution in [0.15, 0.2) is 47.5 Å². The summed E-state index contributed by atoms with van der Waals surface area (Å²) in [6.07, 6.45) is -1.33. The fourth-order valence-electron chi connectivity index (χ4n) is 3.00. The molecule has 0 bridgehead atoms. The topological polar surface area (TPSA) is 86.6 Å². The summed E-state index contributed by atoms with van der Waals surface area (Å²) in [4.78, 5) is 23.4. The number of carbonyl (C=O) groups excluding carboxylic acids is 1. The molecule has 27 heavy (non-hydrogen) atoms. The molecular formula is C19H14F3NO4. The summed E-state index contributed by atoms with van der Waals surface area (Å²) in [6.45, 7) is 0. The van der Waals surface area contributed by atoms with Crippen molar-refractivity contribution in [3.8, 4) is 11.1 Å². The number of carboxylic acid groups (broad SMARTS) is 1. The Kier molecular flexibility index (Phi) is 5.00. The fourth-order valence-corrected chi connectivity index (χ4v) is 3.00. The molecule has 3 rings (SSSR count). The van der Waals surface area contributed by atoms with E-state index in [4.69, 9.17) is 5.11 Å². The number of halogens is 3. The molecule has 2 aromatic rings. The van der Waals surface area contributed by atoms with Crippen LogP contribution in [-0.4, -0.2) is 28.2 Å². The molecule has 0 radical (unpaired) electrons. The highest BCUT2D eigenvalue weighted by Crippen LogP contribution is 2.31. The lowest BCUT2D eigenvalue weighted by atomic mass is 10.0. The zero-order chi connectivity index (χ0) is 19.7. The molecule has 140 valence electrons. The van der Waals surface area contributed by atoms with E-state index in [0.29, 0.717) is 0 Å². The van der Waals surface area contributed by atoms with Crippen molar-refractivity contribution in [2.45, 2.75) is 18.9 Å². The summed E-state index contributed by atoms with van der Waals surface area (Å²) in [5, 5.41) is 20.7. The predicted molar refractivity (Wildman–Crippen MR) is 90.3 cm³/mol. The number of nitrogens with one attached hydrogen (secondary N) is 1. The lowest BCUT2D eigenvalue weighted by Gasteiger charge is -2.11. The summed E-state index contributed by atoms with van der Waals surface area (Å²) in [5.41, 5.74) is -1.58. The van der Waals surface area contributed by atoms with E-state index < -0.39 is 46.7 Å². The van der Waals surface area contributed by atoms with Gasteiger partial charge in [-0.05, 0) is 36.6 Å². The second-order valence-corrected chi connectivity index (χ2v) is 6.00. The van der Waals surface area contributed by atoms with E-state index in [2.05, 4.69) is 0 Å². The second kappa shape index (κ2) is 7.24. The Morgan fingerprint density at radius 3 is 2.26 bits per heavy atom. The van der Waals surface area contributed by atoms with Crippen LogP contribution in [0.1, 0.15) is 12.8 Å². The van der Waals surface area contributed by atoms with Crippen LogP contribution in [0, 0.1) is 17.5 Å². The van der Waals surface area contributed by atoms with Crippen LogP contribution in [0.3, 0.4) is 0 Å². The van der Waals surface area contributed by atoms with Gasteiger partial charge in [-0.25, -0.2) is 18.0 Å². The number of aliphatic carboxylic acids is 1.